The van der Waals surface area contributed by atoms with Gasteiger partial charge < -0.3 is 9.84 Å². The Kier molecular flexibility index (Phi) is 3.33. The monoisotopic (exact) mass is 235 g/mol. The van der Waals surface area contributed by atoms with Gasteiger partial charge in [0.15, 0.2) is 0 Å². The molecule has 1 atom stereocenters. The molecule has 0 spiro atoms. The van der Waals surface area contributed by atoms with Crippen LogP contribution in [0.5, 0.6) is 5.75 Å². The molecule has 1 aliphatic rings. The van der Waals surface area contributed by atoms with E-state index >= 15 is 0 Å². The Hall–Kier alpha value is -1.55. The van der Waals surface area contributed by atoms with Gasteiger partial charge in [-0.1, -0.05) is 6.07 Å². The summed E-state index contributed by atoms with van der Waals surface area (Å²) in [7, 11) is 2.06. The van der Waals surface area contributed by atoms with E-state index in [1.54, 1.807) is 19.1 Å². The van der Waals surface area contributed by atoms with Gasteiger partial charge in [-0.2, -0.15) is 0 Å². The normalized spacial score (nSPS) is 19.8. The maximum Gasteiger partial charge on any atom is 0.336 e. The molecule has 0 bridgehead atoms. The molecule has 0 saturated carbocycles. The van der Waals surface area contributed by atoms with Crippen LogP contribution in [0.15, 0.2) is 18.2 Å². The number of carbonyl (C=O) groups is 1. The SMILES string of the molecule is Cc1ccc(OC[C@@H]2CCN2C)cc1C(=O)O. The number of carboxylic acid groups (broad SMARTS) is 1. The Morgan fingerprint density at radius 1 is 1.59 bits per heavy atom. The summed E-state index contributed by atoms with van der Waals surface area (Å²) in [6.45, 7) is 3.52. The van der Waals surface area contributed by atoms with E-state index in [4.69, 9.17) is 9.84 Å². The molecule has 0 unspecified atom stereocenters. The van der Waals surface area contributed by atoms with Crippen LogP contribution in [0.1, 0.15) is 22.3 Å². The van der Waals surface area contributed by atoms with Crippen LogP contribution < -0.4 is 4.74 Å². The number of rotatable bonds is 4. The highest BCUT2D eigenvalue weighted by atomic mass is 16.5. The Morgan fingerprint density at radius 3 is 2.88 bits per heavy atom. The third-order valence-electron chi connectivity index (χ3n) is 3.32. The van der Waals surface area contributed by atoms with Crippen LogP contribution >= 0.6 is 0 Å². The molecule has 1 heterocycles. The third-order valence-corrected chi connectivity index (χ3v) is 3.32. The van der Waals surface area contributed by atoms with Crippen molar-refractivity contribution in [1.82, 2.24) is 4.90 Å². The number of likely N-dealkylation sites (N-methyl/N-ethyl adjacent to an activating group) is 1. The van der Waals surface area contributed by atoms with Crippen LogP contribution in [0.2, 0.25) is 0 Å². The second kappa shape index (κ2) is 4.75. The van der Waals surface area contributed by atoms with Crippen molar-refractivity contribution in [2.24, 2.45) is 0 Å². The van der Waals surface area contributed by atoms with Gasteiger partial charge in [-0.05, 0) is 44.6 Å². The number of benzene rings is 1. The summed E-state index contributed by atoms with van der Waals surface area (Å²) in [5.74, 6) is -0.276. The summed E-state index contributed by atoms with van der Waals surface area (Å²) in [5, 5.41) is 9.00. The van der Waals surface area contributed by atoms with Crippen molar-refractivity contribution in [3.8, 4) is 5.75 Å². The number of aromatic carboxylic acids is 1. The minimum absolute atomic E-state index is 0.310. The van der Waals surface area contributed by atoms with Crippen LogP contribution in [-0.2, 0) is 0 Å². The minimum Gasteiger partial charge on any atom is -0.492 e. The predicted molar refractivity (Wildman–Crippen MR) is 64.7 cm³/mol. The van der Waals surface area contributed by atoms with Gasteiger partial charge in [-0.15, -0.1) is 0 Å². The largest absolute Gasteiger partial charge is 0.492 e. The van der Waals surface area contributed by atoms with Gasteiger partial charge in [0.2, 0.25) is 0 Å². The van der Waals surface area contributed by atoms with Gasteiger partial charge in [0.1, 0.15) is 12.4 Å². The Labute approximate surface area is 101 Å². The summed E-state index contributed by atoms with van der Waals surface area (Å²) in [6.07, 6.45) is 1.15. The maximum absolute atomic E-state index is 11.0. The first-order chi connectivity index (χ1) is 8.08. The minimum atomic E-state index is -0.909. The van der Waals surface area contributed by atoms with Gasteiger partial charge in [-0.3, -0.25) is 4.90 Å². The molecule has 92 valence electrons. The van der Waals surface area contributed by atoms with E-state index in [1.807, 2.05) is 6.07 Å². The summed E-state index contributed by atoms with van der Waals surface area (Å²) in [6, 6.07) is 5.66. The molecular formula is C13H17NO3. The number of aryl methyl sites for hydroxylation is 1. The molecular weight excluding hydrogens is 218 g/mol. The number of carboxylic acids is 1. The van der Waals surface area contributed by atoms with Gasteiger partial charge >= 0.3 is 5.97 Å². The van der Waals surface area contributed by atoms with E-state index in [-0.39, 0.29) is 0 Å². The molecule has 0 radical (unpaired) electrons. The highest BCUT2D eigenvalue weighted by Gasteiger charge is 2.24. The molecule has 17 heavy (non-hydrogen) atoms. The lowest BCUT2D eigenvalue weighted by molar-refractivity contribution is 0.0691. The zero-order chi connectivity index (χ0) is 12.4. The molecule has 4 heteroatoms. The van der Waals surface area contributed by atoms with Crippen molar-refractivity contribution < 1.29 is 14.6 Å². The Balaban J connectivity index is 2.01. The maximum atomic E-state index is 11.0. The molecule has 0 amide bonds. The first-order valence-electron chi connectivity index (χ1n) is 5.75. The zero-order valence-corrected chi connectivity index (χ0v) is 10.1. The molecule has 1 saturated heterocycles. The van der Waals surface area contributed by atoms with Crippen LogP contribution in [0.4, 0.5) is 0 Å². The number of nitrogens with zero attached hydrogens (tertiary/aromatic N) is 1. The molecule has 0 aliphatic carbocycles. The van der Waals surface area contributed by atoms with Gasteiger partial charge in [-0.25, -0.2) is 4.79 Å². The molecule has 1 fully saturated rings. The van der Waals surface area contributed by atoms with Crippen LogP contribution in [0, 0.1) is 6.92 Å². The Morgan fingerprint density at radius 2 is 2.35 bits per heavy atom. The average molecular weight is 235 g/mol. The van der Waals surface area contributed by atoms with Crippen molar-refractivity contribution in [3.05, 3.63) is 29.3 Å². The van der Waals surface area contributed by atoms with Crippen LogP contribution in [0.3, 0.4) is 0 Å². The molecule has 1 N–H and O–H groups in total. The second-order valence-corrected chi connectivity index (χ2v) is 4.52. The Bertz CT molecular complexity index is 431. The highest BCUT2D eigenvalue weighted by molar-refractivity contribution is 5.89. The lowest BCUT2D eigenvalue weighted by Crippen LogP contribution is -2.48. The fourth-order valence-corrected chi connectivity index (χ4v) is 1.89. The van der Waals surface area contributed by atoms with E-state index in [0.29, 0.717) is 24.0 Å². The van der Waals surface area contributed by atoms with Crippen molar-refractivity contribution in [1.29, 1.82) is 0 Å². The molecule has 4 nitrogen and oxygen atoms in total. The number of likely N-dealkylation sites (tertiary alicyclic amines) is 1. The molecule has 0 aromatic heterocycles. The van der Waals surface area contributed by atoms with Crippen LogP contribution in [0.25, 0.3) is 0 Å². The van der Waals surface area contributed by atoms with Crippen LogP contribution in [-0.4, -0.2) is 42.2 Å². The average Bonchev–Trinajstić information content (AvgIpc) is 2.29. The molecule has 2 rings (SSSR count). The standard InChI is InChI=1S/C13H17NO3/c1-9-3-4-11(7-12(9)13(15)16)17-8-10-5-6-14(10)2/h3-4,7,10H,5-6,8H2,1-2H3,(H,15,16)/t10-/m0/s1. The summed E-state index contributed by atoms with van der Waals surface area (Å²) in [4.78, 5) is 13.2. The first-order valence-corrected chi connectivity index (χ1v) is 5.75. The quantitative estimate of drug-likeness (QED) is 0.864. The number of hydrogen-bond acceptors (Lipinski definition) is 3. The lowest BCUT2D eigenvalue weighted by atomic mass is 10.1. The summed E-state index contributed by atoms with van der Waals surface area (Å²) >= 11 is 0. The van der Waals surface area contributed by atoms with Gasteiger partial charge in [0, 0.05) is 6.04 Å². The van der Waals surface area contributed by atoms with E-state index in [2.05, 4.69) is 11.9 Å². The second-order valence-electron chi connectivity index (χ2n) is 4.52. The van der Waals surface area contributed by atoms with E-state index < -0.39 is 5.97 Å². The molecule has 1 aliphatic heterocycles. The summed E-state index contributed by atoms with van der Waals surface area (Å²) in [5.41, 5.74) is 1.06. The van der Waals surface area contributed by atoms with Gasteiger partial charge in [0.25, 0.3) is 0 Å². The lowest BCUT2D eigenvalue weighted by Gasteiger charge is -2.37. The number of ether oxygens (including phenoxy) is 1. The van der Waals surface area contributed by atoms with E-state index in [0.717, 1.165) is 18.5 Å². The van der Waals surface area contributed by atoms with E-state index in [9.17, 15) is 4.79 Å². The van der Waals surface area contributed by atoms with Crippen molar-refractivity contribution in [3.63, 3.8) is 0 Å². The predicted octanol–water partition coefficient (Wildman–Crippen LogP) is 1.78. The van der Waals surface area contributed by atoms with Crippen molar-refractivity contribution >= 4 is 5.97 Å². The molecule has 1 aromatic carbocycles. The molecule has 1 aromatic rings. The first kappa shape index (κ1) is 11.9. The third kappa shape index (κ3) is 2.58. The van der Waals surface area contributed by atoms with Gasteiger partial charge in [0.05, 0.1) is 5.56 Å². The highest BCUT2D eigenvalue weighted by Crippen LogP contribution is 2.20. The topological polar surface area (TPSA) is 49.8 Å². The smallest absolute Gasteiger partial charge is 0.336 e. The van der Waals surface area contributed by atoms with Crippen molar-refractivity contribution in [2.45, 2.75) is 19.4 Å². The number of hydrogen-bond donors (Lipinski definition) is 1. The summed E-state index contributed by atoms with van der Waals surface area (Å²) < 4.78 is 5.62. The van der Waals surface area contributed by atoms with E-state index in [1.165, 1.54) is 0 Å². The van der Waals surface area contributed by atoms with Crippen molar-refractivity contribution in [2.75, 3.05) is 20.2 Å². The fourth-order valence-electron chi connectivity index (χ4n) is 1.89. The zero-order valence-electron chi connectivity index (χ0n) is 10.1. The fraction of sp³-hybridized carbons (Fsp3) is 0.462.